The molecule has 3 heterocycles. The van der Waals surface area contributed by atoms with Crippen LogP contribution in [0.25, 0.3) is 0 Å². The predicted octanol–water partition coefficient (Wildman–Crippen LogP) is 1.46. The van der Waals surface area contributed by atoms with Gasteiger partial charge >= 0.3 is 0 Å². The van der Waals surface area contributed by atoms with E-state index in [-0.39, 0.29) is 5.41 Å². The van der Waals surface area contributed by atoms with Gasteiger partial charge in [-0.05, 0) is 45.7 Å². The predicted molar refractivity (Wildman–Crippen MR) is 80.6 cm³/mol. The van der Waals surface area contributed by atoms with Crippen LogP contribution in [-0.2, 0) is 4.79 Å². The molecule has 3 rings (SSSR count). The first kappa shape index (κ1) is 14.3. The minimum Gasteiger partial charge on any atom is -0.341 e. The maximum absolute atomic E-state index is 13.1. The molecule has 0 spiro atoms. The Kier molecular flexibility index (Phi) is 4.04. The van der Waals surface area contributed by atoms with Crippen LogP contribution in [0.1, 0.15) is 45.4 Å². The van der Waals surface area contributed by atoms with E-state index in [0.717, 1.165) is 51.9 Å². The Morgan fingerprint density at radius 3 is 2.80 bits per heavy atom. The van der Waals surface area contributed by atoms with E-state index in [4.69, 9.17) is 0 Å². The van der Waals surface area contributed by atoms with E-state index in [1.54, 1.807) is 0 Å². The van der Waals surface area contributed by atoms with Crippen LogP contribution in [-0.4, -0.2) is 61.0 Å². The second-order valence-corrected chi connectivity index (χ2v) is 7.05. The molecule has 4 nitrogen and oxygen atoms in total. The number of fused-ring (bicyclic) bond motifs is 2. The zero-order valence-electron chi connectivity index (χ0n) is 13.0. The SMILES string of the molecule is CCCC1(C(=O)N2CCC3CCC(C2)N3C)CCNC1. The Hall–Kier alpha value is -0.610. The first-order chi connectivity index (χ1) is 9.66. The van der Waals surface area contributed by atoms with Crippen LogP contribution in [0.4, 0.5) is 0 Å². The Bertz CT molecular complexity index is 365. The highest BCUT2D eigenvalue weighted by atomic mass is 16.2. The molecule has 1 N–H and O–H groups in total. The van der Waals surface area contributed by atoms with Crippen LogP contribution in [0.15, 0.2) is 0 Å². The summed E-state index contributed by atoms with van der Waals surface area (Å²) in [5.74, 6) is 0.435. The minimum atomic E-state index is -0.100. The first-order valence-corrected chi connectivity index (χ1v) is 8.38. The van der Waals surface area contributed by atoms with Gasteiger partial charge in [-0.25, -0.2) is 0 Å². The van der Waals surface area contributed by atoms with E-state index < -0.39 is 0 Å². The number of nitrogens with zero attached hydrogens (tertiary/aromatic N) is 2. The van der Waals surface area contributed by atoms with Crippen molar-refractivity contribution in [1.82, 2.24) is 15.1 Å². The summed E-state index contributed by atoms with van der Waals surface area (Å²) in [7, 11) is 2.25. The van der Waals surface area contributed by atoms with Gasteiger partial charge in [-0.2, -0.15) is 0 Å². The number of likely N-dealkylation sites (tertiary alicyclic amines) is 1. The van der Waals surface area contributed by atoms with Gasteiger partial charge in [0.1, 0.15) is 0 Å². The molecule has 3 unspecified atom stereocenters. The summed E-state index contributed by atoms with van der Waals surface area (Å²) < 4.78 is 0. The molecule has 4 heteroatoms. The van der Waals surface area contributed by atoms with E-state index in [9.17, 15) is 4.79 Å². The maximum Gasteiger partial charge on any atom is 0.230 e. The van der Waals surface area contributed by atoms with Gasteiger partial charge < -0.3 is 10.2 Å². The van der Waals surface area contributed by atoms with Crippen molar-refractivity contribution < 1.29 is 4.79 Å². The molecule has 0 aromatic carbocycles. The number of hydrogen-bond donors (Lipinski definition) is 1. The molecule has 3 saturated heterocycles. The summed E-state index contributed by atoms with van der Waals surface area (Å²) >= 11 is 0. The van der Waals surface area contributed by atoms with Crippen molar-refractivity contribution >= 4 is 5.91 Å². The number of carbonyl (C=O) groups is 1. The molecule has 1 amide bonds. The summed E-state index contributed by atoms with van der Waals surface area (Å²) in [5, 5.41) is 3.42. The lowest BCUT2D eigenvalue weighted by Crippen LogP contribution is -2.48. The van der Waals surface area contributed by atoms with Crippen LogP contribution in [0.3, 0.4) is 0 Å². The lowest BCUT2D eigenvalue weighted by molar-refractivity contribution is -0.142. The molecule has 2 bridgehead atoms. The van der Waals surface area contributed by atoms with Crippen molar-refractivity contribution in [2.75, 3.05) is 33.2 Å². The van der Waals surface area contributed by atoms with Crippen molar-refractivity contribution in [2.45, 2.75) is 57.5 Å². The largest absolute Gasteiger partial charge is 0.341 e. The lowest BCUT2D eigenvalue weighted by atomic mass is 9.80. The van der Waals surface area contributed by atoms with Crippen molar-refractivity contribution in [2.24, 2.45) is 5.41 Å². The smallest absolute Gasteiger partial charge is 0.230 e. The maximum atomic E-state index is 13.1. The Labute approximate surface area is 122 Å². The van der Waals surface area contributed by atoms with Gasteiger partial charge in [0.2, 0.25) is 5.91 Å². The summed E-state index contributed by atoms with van der Waals surface area (Å²) in [4.78, 5) is 17.8. The fraction of sp³-hybridized carbons (Fsp3) is 0.938. The average Bonchev–Trinajstić information content (AvgIpc) is 2.97. The fourth-order valence-corrected chi connectivity index (χ4v) is 4.55. The Morgan fingerprint density at radius 1 is 1.30 bits per heavy atom. The highest BCUT2D eigenvalue weighted by Gasteiger charge is 2.45. The van der Waals surface area contributed by atoms with Crippen molar-refractivity contribution in [3.63, 3.8) is 0 Å². The number of hydrogen-bond acceptors (Lipinski definition) is 3. The van der Waals surface area contributed by atoms with Crippen LogP contribution in [0.2, 0.25) is 0 Å². The van der Waals surface area contributed by atoms with Crippen LogP contribution >= 0.6 is 0 Å². The molecule has 3 atom stereocenters. The van der Waals surface area contributed by atoms with E-state index in [1.165, 1.54) is 12.8 Å². The molecule has 3 fully saturated rings. The fourth-order valence-electron chi connectivity index (χ4n) is 4.55. The van der Waals surface area contributed by atoms with Gasteiger partial charge in [0.15, 0.2) is 0 Å². The second-order valence-electron chi connectivity index (χ2n) is 7.05. The van der Waals surface area contributed by atoms with Crippen LogP contribution < -0.4 is 5.32 Å². The van der Waals surface area contributed by atoms with Gasteiger partial charge in [0.25, 0.3) is 0 Å². The van der Waals surface area contributed by atoms with Gasteiger partial charge in [0.05, 0.1) is 5.41 Å². The molecule has 0 radical (unpaired) electrons. The zero-order valence-corrected chi connectivity index (χ0v) is 13.0. The topological polar surface area (TPSA) is 35.6 Å². The minimum absolute atomic E-state index is 0.100. The highest BCUT2D eigenvalue weighted by molar-refractivity contribution is 5.83. The monoisotopic (exact) mass is 279 g/mol. The van der Waals surface area contributed by atoms with Crippen molar-refractivity contribution in [3.8, 4) is 0 Å². The van der Waals surface area contributed by atoms with E-state index in [0.29, 0.717) is 18.0 Å². The molecule has 0 aromatic rings. The Morgan fingerprint density at radius 2 is 2.10 bits per heavy atom. The van der Waals surface area contributed by atoms with E-state index >= 15 is 0 Å². The second kappa shape index (κ2) is 5.64. The number of rotatable bonds is 3. The molecular weight excluding hydrogens is 250 g/mol. The molecule has 0 aliphatic carbocycles. The summed E-state index contributed by atoms with van der Waals surface area (Å²) in [6, 6.07) is 1.31. The number of amides is 1. The van der Waals surface area contributed by atoms with E-state index in [1.807, 2.05) is 0 Å². The summed E-state index contributed by atoms with van der Waals surface area (Å²) in [6.45, 7) is 6.02. The molecule has 0 aromatic heterocycles. The van der Waals surface area contributed by atoms with Gasteiger partial charge in [0, 0.05) is 31.7 Å². The standard InChI is InChI=1S/C16H29N3O/c1-3-7-16(8-9-17-12-16)15(20)19-10-6-13-4-5-14(11-19)18(13)2/h13-14,17H,3-12H2,1-2H3. The third kappa shape index (κ3) is 2.37. The number of likely N-dealkylation sites (N-methyl/N-ethyl adjacent to an activating group) is 1. The molecule has 114 valence electrons. The normalized spacial score (nSPS) is 38.2. The number of nitrogens with one attached hydrogen (secondary N) is 1. The molecule has 0 saturated carbocycles. The highest BCUT2D eigenvalue weighted by Crippen LogP contribution is 2.36. The molecule has 20 heavy (non-hydrogen) atoms. The first-order valence-electron chi connectivity index (χ1n) is 8.38. The number of carbonyl (C=O) groups excluding carboxylic acids is 1. The summed E-state index contributed by atoms with van der Waals surface area (Å²) in [5.41, 5.74) is -0.100. The lowest BCUT2D eigenvalue weighted by Gasteiger charge is -2.35. The molecular formula is C16H29N3O. The third-order valence-corrected chi connectivity index (χ3v) is 5.86. The average molecular weight is 279 g/mol. The quantitative estimate of drug-likeness (QED) is 0.849. The Balaban J connectivity index is 1.73. The van der Waals surface area contributed by atoms with Gasteiger partial charge in [-0.15, -0.1) is 0 Å². The van der Waals surface area contributed by atoms with Crippen molar-refractivity contribution in [3.05, 3.63) is 0 Å². The zero-order chi connectivity index (χ0) is 14.2. The van der Waals surface area contributed by atoms with Crippen LogP contribution in [0, 0.1) is 5.41 Å². The molecule has 3 aliphatic heterocycles. The summed E-state index contributed by atoms with van der Waals surface area (Å²) in [6.07, 6.45) is 6.93. The van der Waals surface area contributed by atoms with Gasteiger partial charge in [-0.3, -0.25) is 9.69 Å². The van der Waals surface area contributed by atoms with E-state index in [2.05, 4.69) is 29.1 Å². The molecule has 3 aliphatic rings. The third-order valence-electron chi connectivity index (χ3n) is 5.86. The van der Waals surface area contributed by atoms with Gasteiger partial charge in [-0.1, -0.05) is 13.3 Å². The van der Waals surface area contributed by atoms with Crippen LogP contribution in [0.5, 0.6) is 0 Å². The van der Waals surface area contributed by atoms with Crippen molar-refractivity contribution in [1.29, 1.82) is 0 Å².